The fourth-order valence-corrected chi connectivity index (χ4v) is 1.69. The Balaban J connectivity index is 1.89. The molecule has 0 bridgehead atoms. The zero-order chi connectivity index (χ0) is 6.97. The third kappa shape index (κ3) is 1.15. The predicted octanol–water partition coefficient (Wildman–Crippen LogP) is 1.07. The highest BCUT2D eigenvalue weighted by atomic mass is 16.1. The Kier molecular flexibility index (Phi) is 1.40. The van der Waals surface area contributed by atoms with Crippen molar-refractivity contribution in [3.63, 3.8) is 0 Å². The van der Waals surface area contributed by atoms with Gasteiger partial charge in [-0.2, -0.15) is 0 Å². The van der Waals surface area contributed by atoms with Crippen LogP contribution in [0.1, 0.15) is 32.1 Å². The molecule has 1 saturated carbocycles. The number of amides is 1. The minimum atomic E-state index is 0.267. The smallest absolute Gasteiger partial charge is 0.220 e. The molecule has 0 radical (unpaired) electrons. The van der Waals surface area contributed by atoms with E-state index in [0.717, 1.165) is 18.8 Å². The lowest BCUT2D eigenvalue weighted by Gasteiger charge is -2.22. The first-order valence-corrected chi connectivity index (χ1v) is 4.15. The number of piperidine rings is 1. The van der Waals surface area contributed by atoms with Gasteiger partial charge in [0.25, 0.3) is 0 Å². The predicted molar refractivity (Wildman–Crippen MR) is 38.5 cm³/mol. The lowest BCUT2D eigenvalue weighted by molar-refractivity contribution is -0.123. The number of hydrogen-bond acceptors (Lipinski definition) is 1. The number of rotatable bonds is 1. The molecule has 2 rings (SSSR count). The molecule has 1 aliphatic carbocycles. The fourth-order valence-electron chi connectivity index (χ4n) is 1.69. The highest BCUT2D eigenvalue weighted by Crippen LogP contribution is 2.35. The van der Waals surface area contributed by atoms with Crippen LogP contribution in [0.3, 0.4) is 0 Å². The molecule has 1 heterocycles. The van der Waals surface area contributed by atoms with E-state index in [9.17, 15) is 4.79 Å². The van der Waals surface area contributed by atoms with Crippen LogP contribution in [0.4, 0.5) is 0 Å². The lowest BCUT2D eigenvalue weighted by Crippen LogP contribution is -2.39. The Morgan fingerprint density at radius 3 is 2.70 bits per heavy atom. The largest absolute Gasteiger partial charge is 0.353 e. The van der Waals surface area contributed by atoms with Crippen LogP contribution in [0.5, 0.6) is 0 Å². The maximum Gasteiger partial charge on any atom is 0.220 e. The van der Waals surface area contributed by atoms with Crippen molar-refractivity contribution in [2.75, 3.05) is 0 Å². The molecule has 1 aliphatic heterocycles. The summed E-state index contributed by atoms with van der Waals surface area (Å²) < 4.78 is 0. The maximum atomic E-state index is 10.9. The van der Waals surface area contributed by atoms with Crippen LogP contribution in [0, 0.1) is 5.92 Å². The third-order valence-electron chi connectivity index (χ3n) is 2.46. The molecular weight excluding hydrogens is 126 g/mol. The van der Waals surface area contributed by atoms with Gasteiger partial charge >= 0.3 is 0 Å². The Labute approximate surface area is 61.0 Å². The van der Waals surface area contributed by atoms with Crippen LogP contribution in [0.2, 0.25) is 0 Å². The molecule has 10 heavy (non-hydrogen) atoms. The van der Waals surface area contributed by atoms with Gasteiger partial charge in [-0.1, -0.05) is 0 Å². The summed E-state index contributed by atoms with van der Waals surface area (Å²) in [6, 6.07) is 0.543. The summed E-state index contributed by atoms with van der Waals surface area (Å²) in [7, 11) is 0. The molecule has 2 heteroatoms. The molecule has 1 N–H and O–H groups in total. The van der Waals surface area contributed by atoms with Crippen molar-refractivity contribution < 1.29 is 4.79 Å². The SMILES string of the molecule is O=C1CCCC(C2CC2)N1. The van der Waals surface area contributed by atoms with Gasteiger partial charge in [0.1, 0.15) is 0 Å². The van der Waals surface area contributed by atoms with Gasteiger partial charge in [-0.05, 0) is 31.6 Å². The minimum absolute atomic E-state index is 0.267. The van der Waals surface area contributed by atoms with Gasteiger partial charge < -0.3 is 5.32 Å². The second-order valence-corrected chi connectivity index (χ2v) is 3.40. The van der Waals surface area contributed by atoms with E-state index in [4.69, 9.17) is 0 Å². The molecule has 1 atom stereocenters. The van der Waals surface area contributed by atoms with Gasteiger partial charge in [-0.25, -0.2) is 0 Å². The van der Waals surface area contributed by atoms with E-state index in [0.29, 0.717) is 6.04 Å². The highest BCUT2D eigenvalue weighted by Gasteiger charge is 2.33. The van der Waals surface area contributed by atoms with Gasteiger partial charge in [0, 0.05) is 12.5 Å². The summed E-state index contributed by atoms with van der Waals surface area (Å²) in [5.74, 6) is 1.10. The maximum absolute atomic E-state index is 10.9. The summed E-state index contributed by atoms with van der Waals surface area (Å²) in [4.78, 5) is 10.9. The van der Waals surface area contributed by atoms with Crippen molar-refractivity contribution in [2.45, 2.75) is 38.1 Å². The Morgan fingerprint density at radius 1 is 1.30 bits per heavy atom. The number of nitrogens with one attached hydrogen (secondary N) is 1. The van der Waals surface area contributed by atoms with Gasteiger partial charge in [-0.15, -0.1) is 0 Å². The molecular formula is C8H13NO. The average molecular weight is 139 g/mol. The molecule has 0 spiro atoms. The van der Waals surface area contributed by atoms with Crippen LogP contribution >= 0.6 is 0 Å². The van der Waals surface area contributed by atoms with Crippen molar-refractivity contribution >= 4 is 5.91 Å². The van der Waals surface area contributed by atoms with Crippen LogP contribution in [-0.2, 0) is 4.79 Å². The molecule has 2 nitrogen and oxygen atoms in total. The van der Waals surface area contributed by atoms with Gasteiger partial charge in [0.15, 0.2) is 0 Å². The van der Waals surface area contributed by atoms with Crippen LogP contribution in [0.25, 0.3) is 0 Å². The van der Waals surface area contributed by atoms with Crippen molar-refractivity contribution in [1.29, 1.82) is 0 Å². The highest BCUT2D eigenvalue weighted by molar-refractivity contribution is 5.77. The van der Waals surface area contributed by atoms with Crippen molar-refractivity contribution in [2.24, 2.45) is 5.92 Å². The van der Waals surface area contributed by atoms with Crippen LogP contribution in [0.15, 0.2) is 0 Å². The van der Waals surface area contributed by atoms with Crippen molar-refractivity contribution in [3.05, 3.63) is 0 Å². The number of carbonyl (C=O) groups is 1. The summed E-state index contributed by atoms with van der Waals surface area (Å²) in [6.45, 7) is 0. The van der Waals surface area contributed by atoms with Gasteiger partial charge in [0.2, 0.25) is 5.91 Å². The molecule has 2 fully saturated rings. The van der Waals surface area contributed by atoms with Crippen molar-refractivity contribution in [3.8, 4) is 0 Å². The molecule has 1 amide bonds. The monoisotopic (exact) mass is 139 g/mol. The van der Waals surface area contributed by atoms with Crippen LogP contribution < -0.4 is 5.32 Å². The Hall–Kier alpha value is -0.530. The molecule has 0 aromatic rings. The van der Waals surface area contributed by atoms with E-state index in [2.05, 4.69) is 5.32 Å². The third-order valence-corrected chi connectivity index (χ3v) is 2.46. The Bertz CT molecular complexity index is 151. The second kappa shape index (κ2) is 2.26. The zero-order valence-corrected chi connectivity index (χ0v) is 6.10. The van der Waals surface area contributed by atoms with E-state index in [-0.39, 0.29) is 5.91 Å². The van der Waals surface area contributed by atoms with E-state index in [1.54, 1.807) is 0 Å². The van der Waals surface area contributed by atoms with E-state index >= 15 is 0 Å². The molecule has 2 aliphatic rings. The average Bonchev–Trinajstić information content (AvgIpc) is 2.68. The molecule has 1 saturated heterocycles. The van der Waals surface area contributed by atoms with E-state index in [1.165, 1.54) is 19.3 Å². The minimum Gasteiger partial charge on any atom is -0.353 e. The lowest BCUT2D eigenvalue weighted by atomic mass is 10.0. The van der Waals surface area contributed by atoms with Gasteiger partial charge in [0.05, 0.1) is 0 Å². The topological polar surface area (TPSA) is 29.1 Å². The normalized spacial score (nSPS) is 33.6. The Morgan fingerprint density at radius 2 is 2.10 bits per heavy atom. The first-order chi connectivity index (χ1) is 4.86. The summed E-state index contributed by atoms with van der Waals surface area (Å²) in [5, 5.41) is 3.04. The number of hydrogen-bond donors (Lipinski definition) is 1. The van der Waals surface area contributed by atoms with Crippen molar-refractivity contribution in [1.82, 2.24) is 5.32 Å². The first-order valence-electron chi connectivity index (χ1n) is 4.15. The van der Waals surface area contributed by atoms with E-state index in [1.807, 2.05) is 0 Å². The number of carbonyl (C=O) groups excluding carboxylic acids is 1. The summed E-state index contributed by atoms with van der Waals surface area (Å²) in [5.41, 5.74) is 0. The quantitative estimate of drug-likeness (QED) is 0.578. The standard InChI is InChI=1S/C8H13NO/c10-8-3-1-2-7(9-8)6-4-5-6/h6-7H,1-5H2,(H,9,10). The van der Waals surface area contributed by atoms with E-state index < -0.39 is 0 Å². The first kappa shape index (κ1) is 6.20. The molecule has 1 unspecified atom stereocenters. The van der Waals surface area contributed by atoms with Crippen LogP contribution in [-0.4, -0.2) is 11.9 Å². The summed E-state index contributed by atoms with van der Waals surface area (Å²) in [6.07, 6.45) is 5.75. The molecule has 56 valence electrons. The second-order valence-electron chi connectivity index (χ2n) is 3.40. The zero-order valence-electron chi connectivity index (χ0n) is 6.10. The molecule has 0 aromatic carbocycles. The molecule has 0 aromatic heterocycles. The summed E-state index contributed by atoms with van der Waals surface area (Å²) >= 11 is 0. The fraction of sp³-hybridized carbons (Fsp3) is 0.875. The van der Waals surface area contributed by atoms with Gasteiger partial charge in [-0.3, -0.25) is 4.79 Å².